The van der Waals surface area contributed by atoms with E-state index in [4.69, 9.17) is 11.6 Å². The van der Waals surface area contributed by atoms with Crippen molar-refractivity contribution in [3.8, 4) is 0 Å². The summed E-state index contributed by atoms with van der Waals surface area (Å²) >= 11 is 5.51. The second kappa shape index (κ2) is 3.25. The van der Waals surface area contributed by atoms with Crippen molar-refractivity contribution in [2.24, 2.45) is 11.8 Å². The molecule has 1 saturated carbocycles. The lowest BCUT2D eigenvalue weighted by Crippen LogP contribution is -2.36. The summed E-state index contributed by atoms with van der Waals surface area (Å²) in [5.74, 6) is 2.49. The van der Waals surface area contributed by atoms with Gasteiger partial charge in [0, 0.05) is 25.4 Å². The molecular weight excluding hydrogens is 174 g/mol. The van der Waals surface area contributed by atoms with Crippen molar-refractivity contribution in [1.29, 1.82) is 0 Å². The fraction of sp³-hybridized carbons (Fsp3) is 0.889. The van der Waals surface area contributed by atoms with Crippen molar-refractivity contribution in [3.05, 3.63) is 0 Å². The average molecular weight is 188 g/mol. The summed E-state index contributed by atoms with van der Waals surface area (Å²) in [6.07, 6.45) is 3.09. The molecule has 2 aliphatic rings. The Morgan fingerprint density at radius 3 is 3.00 bits per heavy atom. The van der Waals surface area contributed by atoms with Gasteiger partial charge in [-0.25, -0.2) is 0 Å². The molecule has 2 rings (SSSR count). The standard InChI is InChI=1S/C9H14ClNO/c10-3-1-9(12)11-4-2-7-5-8(7)6-11/h7-8H,1-6H2. The van der Waals surface area contributed by atoms with Crippen LogP contribution < -0.4 is 0 Å². The topological polar surface area (TPSA) is 20.3 Å². The second-order valence-corrected chi connectivity index (χ2v) is 4.20. The molecule has 1 amide bonds. The zero-order chi connectivity index (χ0) is 8.55. The summed E-state index contributed by atoms with van der Waals surface area (Å²) in [5.41, 5.74) is 0. The lowest BCUT2D eigenvalue weighted by atomic mass is 10.1. The van der Waals surface area contributed by atoms with Gasteiger partial charge in [0.15, 0.2) is 0 Å². The number of alkyl halides is 1. The van der Waals surface area contributed by atoms with Gasteiger partial charge in [0.1, 0.15) is 0 Å². The van der Waals surface area contributed by atoms with Crippen LogP contribution in [0.25, 0.3) is 0 Å². The third kappa shape index (κ3) is 1.58. The van der Waals surface area contributed by atoms with E-state index in [-0.39, 0.29) is 5.91 Å². The SMILES string of the molecule is O=C(CCCl)N1CCC2CC2C1. The number of rotatable bonds is 2. The number of carbonyl (C=O) groups is 1. The van der Waals surface area contributed by atoms with Crippen LogP contribution in [0, 0.1) is 11.8 Å². The van der Waals surface area contributed by atoms with Gasteiger partial charge in [0.25, 0.3) is 0 Å². The fourth-order valence-electron chi connectivity index (χ4n) is 2.05. The summed E-state index contributed by atoms with van der Waals surface area (Å²) in [5, 5.41) is 0. The number of piperidine rings is 1. The van der Waals surface area contributed by atoms with Gasteiger partial charge < -0.3 is 4.90 Å². The van der Waals surface area contributed by atoms with Gasteiger partial charge >= 0.3 is 0 Å². The molecule has 1 saturated heterocycles. The number of nitrogens with zero attached hydrogens (tertiary/aromatic N) is 1. The maximum absolute atomic E-state index is 11.4. The van der Waals surface area contributed by atoms with Gasteiger partial charge in [-0.2, -0.15) is 0 Å². The number of hydrogen-bond donors (Lipinski definition) is 0. The quantitative estimate of drug-likeness (QED) is 0.600. The molecule has 2 atom stereocenters. The van der Waals surface area contributed by atoms with Crippen molar-refractivity contribution in [2.75, 3.05) is 19.0 Å². The van der Waals surface area contributed by atoms with Crippen molar-refractivity contribution < 1.29 is 4.79 Å². The van der Waals surface area contributed by atoms with Crippen LogP contribution in [0.4, 0.5) is 0 Å². The maximum atomic E-state index is 11.4. The molecule has 0 N–H and O–H groups in total. The molecule has 68 valence electrons. The van der Waals surface area contributed by atoms with Gasteiger partial charge in [0.2, 0.25) is 5.91 Å². The Balaban J connectivity index is 1.83. The predicted octanol–water partition coefficient (Wildman–Crippen LogP) is 1.48. The Labute approximate surface area is 77.9 Å². The lowest BCUT2D eigenvalue weighted by Gasteiger charge is -2.26. The first-order valence-electron chi connectivity index (χ1n) is 4.65. The molecule has 0 spiro atoms. The van der Waals surface area contributed by atoms with E-state index in [0.29, 0.717) is 12.3 Å². The Morgan fingerprint density at radius 1 is 1.50 bits per heavy atom. The molecule has 2 unspecified atom stereocenters. The van der Waals surface area contributed by atoms with E-state index in [1.807, 2.05) is 4.90 Å². The molecule has 0 aromatic heterocycles. The Morgan fingerprint density at radius 2 is 2.33 bits per heavy atom. The van der Waals surface area contributed by atoms with Crippen LogP contribution >= 0.6 is 11.6 Å². The van der Waals surface area contributed by atoms with Crippen LogP contribution in [0.15, 0.2) is 0 Å². The van der Waals surface area contributed by atoms with E-state index in [2.05, 4.69) is 0 Å². The highest BCUT2D eigenvalue weighted by atomic mass is 35.5. The molecule has 1 heterocycles. The first-order valence-corrected chi connectivity index (χ1v) is 5.18. The zero-order valence-corrected chi connectivity index (χ0v) is 7.89. The van der Waals surface area contributed by atoms with Gasteiger partial charge in [-0.15, -0.1) is 11.6 Å². The van der Waals surface area contributed by atoms with Gasteiger partial charge in [-0.1, -0.05) is 0 Å². The first-order chi connectivity index (χ1) is 5.81. The van der Waals surface area contributed by atoms with Crippen LogP contribution in [0.2, 0.25) is 0 Å². The number of carbonyl (C=O) groups excluding carboxylic acids is 1. The largest absolute Gasteiger partial charge is 0.342 e. The normalized spacial score (nSPS) is 32.9. The van der Waals surface area contributed by atoms with Gasteiger partial charge in [-0.05, 0) is 24.7 Å². The van der Waals surface area contributed by atoms with Gasteiger partial charge in [-0.3, -0.25) is 4.79 Å². The number of hydrogen-bond acceptors (Lipinski definition) is 1. The number of fused-ring (bicyclic) bond motifs is 1. The highest BCUT2D eigenvalue weighted by molar-refractivity contribution is 6.18. The molecule has 0 aromatic carbocycles. The Kier molecular flexibility index (Phi) is 2.26. The molecule has 0 radical (unpaired) electrons. The molecule has 1 aliphatic carbocycles. The van der Waals surface area contributed by atoms with Crippen molar-refractivity contribution in [2.45, 2.75) is 19.3 Å². The fourth-order valence-corrected chi connectivity index (χ4v) is 2.21. The summed E-state index contributed by atoms with van der Waals surface area (Å²) in [7, 11) is 0. The van der Waals surface area contributed by atoms with Crippen LogP contribution in [-0.4, -0.2) is 29.8 Å². The van der Waals surface area contributed by atoms with E-state index in [1.54, 1.807) is 0 Å². The number of likely N-dealkylation sites (tertiary alicyclic amines) is 1. The summed E-state index contributed by atoms with van der Waals surface area (Å²) in [6.45, 7) is 1.97. The Hall–Kier alpha value is -0.240. The lowest BCUT2D eigenvalue weighted by molar-refractivity contribution is -0.131. The molecular formula is C9H14ClNO. The predicted molar refractivity (Wildman–Crippen MR) is 48.1 cm³/mol. The smallest absolute Gasteiger partial charge is 0.223 e. The molecule has 0 aromatic rings. The highest BCUT2D eigenvalue weighted by Crippen LogP contribution is 2.44. The van der Waals surface area contributed by atoms with Crippen molar-refractivity contribution in [3.63, 3.8) is 0 Å². The highest BCUT2D eigenvalue weighted by Gasteiger charge is 2.42. The van der Waals surface area contributed by atoms with Crippen LogP contribution in [0.3, 0.4) is 0 Å². The summed E-state index contributed by atoms with van der Waals surface area (Å²) in [4.78, 5) is 13.4. The molecule has 2 nitrogen and oxygen atoms in total. The summed E-state index contributed by atoms with van der Waals surface area (Å²) < 4.78 is 0. The van der Waals surface area contributed by atoms with Crippen LogP contribution in [0.1, 0.15) is 19.3 Å². The molecule has 2 fully saturated rings. The molecule has 12 heavy (non-hydrogen) atoms. The minimum atomic E-state index is 0.246. The van der Waals surface area contributed by atoms with Crippen LogP contribution in [-0.2, 0) is 4.79 Å². The average Bonchev–Trinajstić information content (AvgIpc) is 2.81. The van der Waals surface area contributed by atoms with E-state index in [1.165, 1.54) is 12.8 Å². The second-order valence-electron chi connectivity index (χ2n) is 3.82. The van der Waals surface area contributed by atoms with E-state index >= 15 is 0 Å². The van der Waals surface area contributed by atoms with Crippen LogP contribution in [0.5, 0.6) is 0 Å². The minimum Gasteiger partial charge on any atom is -0.342 e. The summed E-state index contributed by atoms with van der Waals surface area (Å²) in [6, 6.07) is 0. The maximum Gasteiger partial charge on any atom is 0.223 e. The number of halogens is 1. The minimum absolute atomic E-state index is 0.246. The van der Waals surface area contributed by atoms with E-state index < -0.39 is 0 Å². The zero-order valence-electron chi connectivity index (χ0n) is 7.13. The Bertz CT molecular complexity index is 195. The van der Waals surface area contributed by atoms with E-state index in [0.717, 1.165) is 24.9 Å². The molecule has 3 heteroatoms. The molecule has 1 aliphatic heterocycles. The molecule has 0 bridgehead atoms. The van der Waals surface area contributed by atoms with Gasteiger partial charge in [0.05, 0.1) is 0 Å². The number of amides is 1. The van der Waals surface area contributed by atoms with Crippen molar-refractivity contribution >= 4 is 17.5 Å². The monoisotopic (exact) mass is 187 g/mol. The van der Waals surface area contributed by atoms with Crippen molar-refractivity contribution in [1.82, 2.24) is 4.90 Å². The van der Waals surface area contributed by atoms with E-state index in [9.17, 15) is 4.79 Å². The third-order valence-electron chi connectivity index (χ3n) is 2.95. The third-order valence-corrected chi connectivity index (χ3v) is 3.14. The first kappa shape index (κ1) is 8.36.